The van der Waals surface area contributed by atoms with Gasteiger partial charge in [0.25, 0.3) is 0 Å². The third-order valence-electron chi connectivity index (χ3n) is 8.15. The van der Waals surface area contributed by atoms with E-state index in [1.807, 2.05) is 0 Å². The van der Waals surface area contributed by atoms with E-state index >= 15 is 0 Å². The minimum atomic E-state index is -4.71. The number of aliphatic hydroxyl groups is 1. The van der Waals surface area contributed by atoms with Crippen molar-refractivity contribution in [3.8, 4) is 0 Å². The van der Waals surface area contributed by atoms with Crippen LogP contribution in [0.25, 0.3) is 0 Å². The molecule has 0 heterocycles. The van der Waals surface area contributed by atoms with Gasteiger partial charge in [-0.2, -0.15) is 13.2 Å². The van der Waals surface area contributed by atoms with Crippen LogP contribution in [0.5, 0.6) is 0 Å². The third-order valence-corrected chi connectivity index (χ3v) is 8.15. The number of carbonyl (C=O) groups is 1. The molecule has 3 aliphatic rings. The summed E-state index contributed by atoms with van der Waals surface area (Å²) in [6, 6.07) is 0. The van der Waals surface area contributed by atoms with Crippen molar-refractivity contribution >= 4 is 5.97 Å². The van der Waals surface area contributed by atoms with Crippen molar-refractivity contribution in [3.63, 3.8) is 0 Å². The van der Waals surface area contributed by atoms with Crippen molar-refractivity contribution in [1.29, 1.82) is 0 Å². The van der Waals surface area contributed by atoms with Crippen molar-refractivity contribution in [3.05, 3.63) is 0 Å². The van der Waals surface area contributed by atoms with Crippen LogP contribution in [-0.2, 0) is 14.3 Å². The molecule has 2 bridgehead atoms. The summed E-state index contributed by atoms with van der Waals surface area (Å²) in [5.74, 6) is 1.68. The third kappa shape index (κ3) is 4.18. The van der Waals surface area contributed by atoms with Crippen LogP contribution < -0.4 is 0 Å². The quantitative estimate of drug-likeness (QED) is 0.569. The monoisotopic (exact) mass is 420 g/mol. The Morgan fingerprint density at radius 2 is 1.90 bits per heavy atom. The van der Waals surface area contributed by atoms with E-state index in [4.69, 9.17) is 9.47 Å². The highest BCUT2D eigenvalue weighted by atomic mass is 19.4. The summed E-state index contributed by atoms with van der Waals surface area (Å²) >= 11 is 0. The summed E-state index contributed by atoms with van der Waals surface area (Å²) in [5, 5.41) is 9.51. The molecule has 0 spiro atoms. The summed E-state index contributed by atoms with van der Waals surface area (Å²) in [5.41, 5.74) is -3.19. The Labute approximate surface area is 171 Å². The van der Waals surface area contributed by atoms with Gasteiger partial charge >= 0.3 is 12.1 Å². The highest BCUT2D eigenvalue weighted by molar-refractivity contribution is 5.73. The van der Waals surface area contributed by atoms with Gasteiger partial charge in [-0.1, -0.05) is 13.3 Å². The van der Waals surface area contributed by atoms with Crippen molar-refractivity contribution in [2.24, 2.45) is 29.6 Å². The van der Waals surface area contributed by atoms with Crippen LogP contribution >= 0.6 is 0 Å². The second-order valence-electron chi connectivity index (χ2n) is 9.79. The zero-order chi connectivity index (χ0) is 21.6. The van der Waals surface area contributed by atoms with Gasteiger partial charge < -0.3 is 14.6 Å². The Bertz CT molecular complexity index is 605. The van der Waals surface area contributed by atoms with E-state index in [1.54, 1.807) is 13.8 Å². The maximum Gasteiger partial charge on any atom is 0.416 e. The molecule has 8 unspecified atom stereocenters. The predicted molar refractivity (Wildman–Crippen MR) is 102 cm³/mol. The molecule has 4 nitrogen and oxygen atoms in total. The Morgan fingerprint density at radius 3 is 2.52 bits per heavy atom. The second kappa shape index (κ2) is 8.03. The van der Waals surface area contributed by atoms with Gasteiger partial charge in [-0.15, -0.1) is 0 Å². The molecule has 3 fully saturated rings. The fourth-order valence-corrected chi connectivity index (χ4v) is 6.02. The Kier molecular flexibility index (Phi) is 6.32. The van der Waals surface area contributed by atoms with E-state index in [1.165, 1.54) is 19.3 Å². The summed E-state index contributed by atoms with van der Waals surface area (Å²) in [6.07, 6.45) is 0.853. The smallest absolute Gasteiger partial charge is 0.416 e. The number of hydrogen-bond donors (Lipinski definition) is 1. The average molecular weight is 421 g/mol. The van der Waals surface area contributed by atoms with Gasteiger partial charge in [-0.25, -0.2) is 0 Å². The number of ether oxygens (including phenoxy) is 2. The molecule has 7 heteroatoms. The Hall–Kier alpha value is -0.820. The topological polar surface area (TPSA) is 55.8 Å². The van der Waals surface area contributed by atoms with E-state index in [2.05, 4.69) is 6.92 Å². The number of alkyl halides is 3. The molecule has 0 amide bonds. The number of halogens is 3. The molecule has 0 aromatic carbocycles. The maximum absolute atomic E-state index is 12.9. The Balaban J connectivity index is 1.53. The lowest BCUT2D eigenvalue weighted by Gasteiger charge is -2.42. The van der Waals surface area contributed by atoms with Gasteiger partial charge in [-0.3, -0.25) is 4.79 Å². The van der Waals surface area contributed by atoms with Crippen LogP contribution in [-0.4, -0.2) is 41.2 Å². The minimum absolute atomic E-state index is 0.279. The number of rotatable bonds is 8. The molecule has 1 N–H and O–H groups in total. The van der Waals surface area contributed by atoms with Crippen molar-refractivity contribution in [1.82, 2.24) is 0 Å². The van der Waals surface area contributed by atoms with Crippen LogP contribution in [0.3, 0.4) is 0 Å². The van der Waals surface area contributed by atoms with Crippen molar-refractivity contribution in [2.75, 3.05) is 6.61 Å². The standard InChI is InChI=1S/C22H35F3O4/c1-5-21(12-15-11-18(21)17-8-6-7-16(15)17)29-19(26)13(2)14(3)28-10-9-20(4,27)22(23,24)25/h13-18,27H,5-12H2,1-4H3. The van der Waals surface area contributed by atoms with Crippen molar-refractivity contribution in [2.45, 2.75) is 96.1 Å². The van der Waals surface area contributed by atoms with Crippen LogP contribution in [0.15, 0.2) is 0 Å². The van der Waals surface area contributed by atoms with Crippen molar-refractivity contribution < 1.29 is 32.5 Å². The molecular weight excluding hydrogens is 385 g/mol. The first-order valence-corrected chi connectivity index (χ1v) is 11.1. The van der Waals surface area contributed by atoms with E-state index in [-0.39, 0.29) is 18.2 Å². The average Bonchev–Trinajstić information content (AvgIpc) is 3.31. The van der Waals surface area contributed by atoms with Gasteiger partial charge in [-0.05, 0) is 70.6 Å². The summed E-state index contributed by atoms with van der Waals surface area (Å²) in [4.78, 5) is 12.9. The number of hydrogen-bond acceptors (Lipinski definition) is 4. The van der Waals surface area contributed by atoms with E-state index in [0.717, 1.165) is 32.1 Å². The van der Waals surface area contributed by atoms with E-state index in [0.29, 0.717) is 17.8 Å². The minimum Gasteiger partial charge on any atom is -0.458 e. The molecule has 3 saturated carbocycles. The first-order valence-electron chi connectivity index (χ1n) is 11.1. The molecule has 3 rings (SSSR count). The van der Waals surface area contributed by atoms with Gasteiger partial charge in [0.15, 0.2) is 5.60 Å². The second-order valence-corrected chi connectivity index (χ2v) is 9.79. The van der Waals surface area contributed by atoms with Crippen LogP contribution in [0.2, 0.25) is 0 Å². The fraction of sp³-hybridized carbons (Fsp3) is 0.955. The highest BCUT2D eigenvalue weighted by Crippen LogP contribution is 2.64. The molecule has 8 atom stereocenters. The first-order chi connectivity index (χ1) is 13.4. The first kappa shape index (κ1) is 22.9. The molecule has 0 aromatic heterocycles. The largest absolute Gasteiger partial charge is 0.458 e. The zero-order valence-electron chi connectivity index (χ0n) is 17.9. The molecular formula is C22H35F3O4. The lowest BCUT2D eigenvalue weighted by Crippen LogP contribution is -2.46. The van der Waals surface area contributed by atoms with Gasteiger partial charge in [0.1, 0.15) is 5.60 Å². The fourth-order valence-electron chi connectivity index (χ4n) is 6.02. The van der Waals surface area contributed by atoms with Gasteiger partial charge in [0.2, 0.25) is 0 Å². The predicted octanol–water partition coefficient (Wildman–Crippen LogP) is 4.88. The molecule has 0 aliphatic heterocycles. The number of fused-ring (bicyclic) bond motifs is 5. The van der Waals surface area contributed by atoms with Gasteiger partial charge in [0.05, 0.1) is 18.6 Å². The molecule has 0 saturated heterocycles. The SMILES string of the molecule is CCC1(OC(=O)C(C)C(C)OCCC(C)(O)C(F)(F)F)CC2CC1C1CCCC21. The highest BCUT2D eigenvalue weighted by Gasteiger charge is 2.62. The zero-order valence-corrected chi connectivity index (χ0v) is 17.9. The van der Waals surface area contributed by atoms with E-state index < -0.39 is 30.2 Å². The van der Waals surface area contributed by atoms with E-state index in [9.17, 15) is 23.1 Å². The number of carbonyl (C=O) groups excluding carboxylic acids is 1. The van der Waals surface area contributed by atoms with Gasteiger partial charge in [0, 0.05) is 12.3 Å². The molecule has 0 radical (unpaired) electrons. The molecule has 3 aliphatic carbocycles. The lowest BCUT2D eigenvalue weighted by molar-refractivity contribution is -0.258. The summed E-state index contributed by atoms with van der Waals surface area (Å²) < 4.78 is 49.8. The summed E-state index contributed by atoms with van der Waals surface area (Å²) in [7, 11) is 0. The van der Waals surface area contributed by atoms with Crippen LogP contribution in [0.4, 0.5) is 13.2 Å². The lowest BCUT2D eigenvalue weighted by atomic mass is 9.71. The normalized spacial score (nSPS) is 37.8. The van der Waals surface area contributed by atoms with Crippen LogP contribution in [0, 0.1) is 29.6 Å². The van der Waals surface area contributed by atoms with Crippen LogP contribution in [0.1, 0.15) is 72.6 Å². The molecule has 0 aromatic rings. The molecule has 29 heavy (non-hydrogen) atoms. The molecule has 168 valence electrons. The number of esters is 1. The maximum atomic E-state index is 12.9. The Morgan fingerprint density at radius 1 is 1.24 bits per heavy atom. The summed E-state index contributed by atoms with van der Waals surface area (Å²) in [6.45, 7) is 5.90.